The van der Waals surface area contributed by atoms with Gasteiger partial charge >= 0.3 is 0 Å². The fraction of sp³-hybridized carbons (Fsp3) is 1.00. The molecule has 0 aliphatic heterocycles. The standard InChI is InChI=1S/C8H16O.C7H14O/c1-7(9)8-5-3-2-4-6-8;8-6-7-4-2-1-3-5-7/h7-9H,2-6H2,1H3;7-8H,1-6H2. The molecule has 2 nitrogen and oxygen atoms in total. The third-order valence-electron chi connectivity index (χ3n) is 4.31. The van der Waals surface area contributed by atoms with E-state index in [0.717, 1.165) is 0 Å². The van der Waals surface area contributed by atoms with Gasteiger partial charge in [0.2, 0.25) is 0 Å². The van der Waals surface area contributed by atoms with Crippen molar-refractivity contribution in [2.75, 3.05) is 6.61 Å². The molecule has 2 heteroatoms. The van der Waals surface area contributed by atoms with Crippen LogP contribution in [0.5, 0.6) is 0 Å². The Hall–Kier alpha value is -0.0800. The lowest BCUT2D eigenvalue weighted by Crippen LogP contribution is -2.19. The molecule has 0 radical (unpaired) electrons. The van der Waals surface area contributed by atoms with Gasteiger partial charge in [-0.15, -0.1) is 0 Å². The van der Waals surface area contributed by atoms with Crippen molar-refractivity contribution in [3.63, 3.8) is 0 Å². The second kappa shape index (κ2) is 8.93. The first-order chi connectivity index (χ1) is 8.24. The number of aliphatic hydroxyl groups excluding tert-OH is 2. The molecule has 2 saturated carbocycles. The summed E-state index contributed by atoms with van der Waals surface area (Å²) < 4.78 is 0. The largest absolute Gasteiger partial charge is 0.396 e. The van der Waals surface area contributed by atoms with Crippen LogP contribution in [0.3, 0.4) is 0 Å². The number of rotatable bonds is 2. The summed E-state index contributed by atoms with van der Waals surface area (Å²) >= 11 is 0. The molecule has 0 heterocycles. The van der Waals surface area contributed by atoms with Gasteiger partial charge in [0.1, 0.15) is 0 Å². The van der Waals surface area contributed by atoms with Crippen molar-refractivity contribution in [1.29, 1.82) is 0 Å². The molecule has 2 N–H and O–H groups in total. The minimum absolute atomic E-state index is 0.0645. The van der Waals surface area contributed by atoms with Crippen LogP contribution in [0.4, 0.5) is 0 Å². The molecule has 1 unspecified atom stereocenters. The molecule has 0 saturated heterocycles. The highest BCUT2D eigenvalue weighted by molar-refractivity contribution is 4.69. The molecule has 2 fully saturated rings. The normalized spacial score (nSPS) is 24.9. The van der Waals surface area contributed by atoms with E-state index < -0.39 is 0 Å². The monoisotopic (exact) mass is 242 g/mol. The van der Waals surface area contributed by atoms with Gasteiger partial charge in [0.25, 0.3) is 0 Å². The second-order valence-electron chi connectivity index (χ2n) is 5.83. The summed E-state index contributed by atoms with van der Waals surface area (Å²) in [4.78, 5) is 0. The Balaban J connectivity index is 0.000000171. The van der Waals surface area contributed by atoms with Crippen molar-refractivity contribution in [3.8, 4) is 0 Å². The van der Waals surface area contributed by atoms with Gasteiger partial charge in [-0.25, -0.2) is 0 Å². The molecular formula is C15H30O2. The third-order valence-corrected chi connectivity index (χ3v) is 4.31. The van der Waals surface area contributed by atoms with Crippen LogP contribution in [0, 0.1) is 11.8 Å². The molecule has 2 aliphatic rings. The van der Waals surface area contributed by atoms with Crippen LogP contribution in [0.15, 0.2) is 0 Å². The van der Waals surface area contributed by atoms with Crippen LogP contribution in [0.25, 0.3) is 0 Å². The van der Waals surface area contributed by atoms with Crippen LogP contribution in [0.2, 0.25) is 0 Å². The topological polar surface area (TPSA) is 40.5 Å². The van der Waals surface area contributed by atoms with E-state index in [4.69, 9.17) is 5.11 Å². The number of hydrogen-bond donors (Lipinski definition) is 2. The lowest BCUT2D eigenvalue weighted by atomic mass is 9.86. The zero-order valence-corrected chi connectivity index (χ0v) is 11.4. The van der Waals surface area contributed by atoms with Crippen LogP contribution in [-0.2, 0) is 0 Å². The lowest BCUT2D eigenvalue weighted by molar-refractivity contribution is 0.101. The Bertz CT molecular complexity index is 168. The third kappa shape index (κ3) is 6.42. The fourth-order valence-electron chi connectivity index (χ4n) is 2.99. The van der Waals surface area contributed by atoms with E-state index >= 15 is 0 Å². The molecule has 0 aromatic carbocycles. The molecule has 0 amide bonds. The summed E-state index contributed by atoms with van der Waals surface area (Å²) in [7, 11) is 0. The maximum atomic E-state index is 9.18. The average molecular weight is 242 g/mol. The predicted octanol–water partition coefficient (Wildman–Crippen LogP) is 3.51. The SMILES string of the molecule is CC(O)C1CCCCC1.OCC1CCCCC1. The summed E-state index contributed by atoms with van der Waals surface area (Å²) in [6, 6.07) is 0. The van der Waals surface area contributed by atoms with E-state index in [2.05, 4.69) is 0 Å². The maximum Gasteiger partial charge on any atom is 0.0540 e. The van der Waals surface area contributed by atoms with Crippen molar-refractivity contribution in [3.05, 3.63) is 0 Å². The summed E-state index contributed by atoms with van der Waals surface area (Å²) in [6.07, 6.45) is 13.1. The summed E-state index contributed by atoms with van der Waals surface area (Å²) in [5.74, 6) is 1.25. The summed E-state index contributed by atoms with van der Waals surface area (Å²) in [5.41, 5.74) is 0. The van der Waals surface area contributed by atoms with E-state index in [1.54, 1.807) is 0 Å². The molecule has 17 heavy (non-hydrogen) atoms. The van der Waals surface area contributed by atoms with Crippen LogP contribution in [0.1, 0.15) is 71.1 Å². The lowest BCUT2D eigenvalue weighted by Gasteiger charge is -2.23. The van der Waals surface area contributed by atoms with Crippen molar-refractivity contribution < 1.29 is 10.2 Å². The Morgan fingerprint density at radius 2 is 1.35 bits per heavy atom. The zero-order chi connectivity index (χ0) is 12.5. The molecule has 0 aromatic heterocycles. The van der Waals surface area contributed by atoms with Gasteiger partial charge in [-0.1, -0.05) is 38.5 Å². The molecule has 0 spiro atoms. The van der Waals surface area contributed by atoms with Crippen LogP contribution >= 0.6 is 0 Å². The van der Waals surface area contributed by atoms with Crippen molar-refractivity contribution in [2.24, 2.45) is 11.8 Å². The first-order valence-corrected chi connectivity index (χ1v) is 7.53. The minimum Gasteiger partial charge on any atom is -0.396 e. The highest BCUT2D eigenvalue weighted by atomic mass is 16.3. The highest BCUT2D eigenvalue weighted by Gasteiger charge is 2.17. The van der Waals surface area contributed by atoms with E-state index in [1.165, 1.54) is 64.2 Å². The zero-order valence-electron chi connectivity index (χ0n) is 11.4. The van der Waals surface area contributed by atoms with E-state index in [0.29, 0.717) is 18.4 Å². The van der Waals surface area contributed by atoms with E-state index in [-0.39, 0.29) is 6.10 Å². The summed E-state index contributed by atoms with van der Waals surface area (Å²) in [6.45, 7) is 2.33. The quantitative estimate of drug-likeness (QED) is 0.778. The van der Waals surface area contributed by atoms with Gasteiger partial charge < -0.3 is 10.2 Å². The molecule has 102 valence electrons. The average Bonchev–Trinajstić information content (AvgIpc) is 2.41. The van der Waals surface area contributed by atoms with E-state index in [9.17, 15) is 5.11 Å². The Morgan fingerprint density at radius 1 is 0.882 bits per heavy atom. The predicted molar refractivity (Wildman–Crippen MR) is 71.9 cm³/mol. The van der Waals surface area contributed by atoms with Gasteiger partial charge in [-0.2, -0.15) is 0 Å². The Kier molecular flexibility index (Phi) is 7.87. The first kappa shape index (κ1) is 15.0. The molecule has 0 aromatic rings. The summed E-state index contributed by atoms with van der Waals surface area (Å²) in [5, 5.41) is 17.9. The Labute approximate surface area is 106 Å². The molecule has 2 aliphatic carbocycles. The fourth-order valence-corrected chi connectivity index (χ4v) is 2.99. The highest BCUT2D eigenvalue weighted by Crippen LogP contribution is 2.25. The van der Waals surface area contributed by atoms with Gasteiger partial charge in [0, 0.05) is 6.61 Å². The van der Waals surface area contributed by atoms with Gasteiger partial charge in [-0.3, -0.25) is 0 Å². The molecule has 1 atom stereocenters. The van der Waals surface area contributed by atoms with Crippen LogP contribution < -0.4 is 0 Å². The molecule has 2 rings (SSSR count). The van der Waals surface area contributed by atoms with Crippen molar-refractivity contribution in [2.45, 2.75) is 77.2 Å². The smallest absolute Gasteiger partial charge is 0.0540 e. The molecule has 0 bridgehead atoms. The first-order valence-electron chi connectivity index (χ1n) is 7.53. The van der Waals surface area contributed by atoms with Gasteiger partial charge in [0.05, 0.1) is 6.10 Å². The maximum absolute atomic E-state index is 9.18. The van der Waals surface area contributed by atoms with Crippen molar-refractivity contribution in [1.82, 2.24) is 0 Å². The number of aliphatic hydroxyl groups is 2. The second-order valence-corrected chi connectivity index (χ2v) is 5.83. The van der Waals surface area contributed by atoms with Gasteiger partial charge in [0.15, 0.2) is 0 Å². The number of hydrogen-bond acceptors (Lipinski definition) is 2. The molecular weight excluding hydrogens is 212 g/mol. The Morgan fingerprint density at radius 3 is 1.65 bits per heavy atom. The van der Waals surface area contributed by atoms with E-state index in [1.807, 2.05) is 6.92 Å². The minimum atomic E-state index is -0.0645. The van der Waals surface area contributed by atoms with Gasteiger partial charge in [-0.05, 0) is 44.4 Å². The van der Waals surface area contributed by atoms with Crippen LogP contribution in [-0.4, -0.2) is 22.9 Å². The van der Waals surface area contributed by atoms with Crippen molar-refractivity contribution >= 4 is 0 Å².